The Morgan fingerprint density at radius 2 is 2.10 bits per heavy atom. The molecule has 2 aromatic rings. The lowest BCUT2D eigenvalue weighted by Gasteiger charge is -2.17. The summed E-state index contributed by atoms with van der Waals surface area (Å²) in [7, 11) is 0. The molecule has 1 atom stereocenters. The van der Waals surface area contributed by atoms with Crippen molar-refractivity contribution in [3.05, 3.63) is 52.3 Å². The number of aliphatic hydroxyl groups excluding tert-OH is 1. The predicted molar refractivity (Wildman–Crippen MR) is 80.1 cm³/mol. The van der Waals surface area contributed by atoms with Crippen molar-refractivity contribution in [1.82, 2.24) is 4.98 Å². The summed E-state index contributed by atoms with van der Waals surface area (Å²) < 4.78 is 11.2. The third kappa shape index (κ3) is 2.82. The van der Waals surface area contributed by atoms with E-state index in [4.69, 9.17) is 21.1 Å². The smallest absolute Gasteiger partial charge is 0.179 e. The maximum atomic E-state index is 10.6. The van der Waals surface area contributed by atoms with Gasteiger partial charge in [-0.05, 0) is 36.2 Å². The van der Waals surface area contributed by atoms with E-state index in [9.17, 15) is 5.11 Å². The maximum Gasteiger partial charge on any atom is 0.179 e. The molecule has 0 saturated carbocycles. The zero-order chi connectivity index (χ0) is 14.8. The fraction of sp³-hybridized carbons (Fsp3) is 0.312. The molecular formula is C16H16ClNO3. The van der Waals surface area contributed by atoms with Crippen molar-refractivity contribution in [1.29, 1.82) is 0 Å². The molecule has 110 valence electrons. The number of pyridine rings is 1. The Bertz CT molecular complexity index is 660. The molecule has 0 spiro atoms. The number of halogens is 1. The van der Waals surface area contributed by atoms with E-state index in [0.29, 0.717) is 35.3 Å². The number of hydrogen-bond donors (Lipinski definition) is 1. The van der Waals surface area contributed by atoms with Crippen molar-refractivity contribution in [3.8, 4) is 11.5 Å². The molecule has 2 heterocycles. The van der Waals surface area contributed by atoms with Crippen molar-refractivity contribution in [2.75, 3.05) is 13.2 Å². The van der Waals surface area contributed by atoms with Gasteiger partial charge < -0.3 is 14.6 Å². The zero-order valence-electron chi connectivity index (χ0n) is 11.7. The molecule has 5 heteroatoms. The van der Waals surface area contributed by atoms with Crippen LogP contribution in [0.4, 0.5) is 0 Å². The van der Waals surface area contributed by atoms with Crippen molar-refractivity contribution >= 4 is 11.6 Å². The summed E-state index contributed by atoms with van der Waals surface area (Å²) in [6.45, 7) is 3.09. The van der Waals surface area contributed by atoms with Crippen molar-refractivity contribution < 1.29 is 14.6 Å². The summed E-state index contributed by atoms with van der Waals surface area (Å²) in [5.41, 5.74) is 2.39. The Kier molecular flexibility index (Phi) is 3.99. The Balaban J connectivity index is 2.01. The molecule has 1 N–H and O–H groups in total. The Hall–Kier alpha value is -1.78. The number of benzene rings is 1. The third-order valence-corrected chi connectivity index (χ3v) is 3.80. The van der Waals surface area contributed by atoms with Gasteiger partial charge in [0, 0.05) is 24.4 Å². The first kappa shape index (κ1) is 14.2. The highest BCUT2D eigenvalue weighted by Crippen LogP contribution is 2.40. The van der Waals surface area contributed by atoms with Crippen LogP contribution >= 0.6 is 11.6 Å². The van der Waals surface area contributed by atoms with E-state index >= 15 is 0 Å². The molecular weight excluding hydrogens is 290 g/mol. The molecule has 1 unspecified atom stereocenters. The molecule has 0 radical (unpaired) electrons. The number of nitrogens with zero attached hydrogens (tertiary/aromatic N) is 1. The monoisotopic (exact) mass is 305 g/mol. The lowest BCUT2D eigenvalue weighted by Crippen LogP contribution is -2.04. The highest BCUT2D eigenvalue weighted by molar-refractivity contribution is 6.32. The van der Waals surface area contributed by atoms with Gasteiger partial charge in [0.05, 0.1) is 18.2 Å². The van der Waals surface area contributed by atoms with Gasteiger partial charge in [-0.1, -0.05) is 11.6 Å². The van der Waals surface area contributed by atoms with Gasteiger partial charge >= 0.3 is 0 Å². The van der Waals surface area contributed by atoms with Crippen LogP contribution in [0.25, 0.3) is 0 Å². The predicted octanol–water partition coefficient (Wildman–Crippen LogP) is 3.29. The second-order valence-electron chi connectivity index (χ2n) is 5.02. The minimum atomic E-state index is -0.798. The number of aliphatic hydroxyl groups is 1. The average Bonchev–Trinajstić information content (AvgIpc) is 2.72. The summed E-state index contributed by atoms with van der Waals surface area (Å²) in [5.74, 6) is 1.13. The average molecular weight is 306 g/mol. The molecule has 0 amide bonds. The van der Waals surface area contributed by atoms with Gasteiger partial charge in [-0.3, -0.25) is 4.98 Å². The van der Waals surface area contributed by atoms with Gasteiger partial charge in [-0.2, -0.15) is 0 Å². The minimum absolute atomic E-state index is 0.449. The normalized spacial score (nSPS) is 15.4. The van der Waals surface area contributed by atoms with E-state index in [1.165, 1.54) is 0 Å². The molecule has 0 aliphatic carbocycles. The summed E-state index contributed by atoms with van der Waals surface area (Å²) in [6.07, 6.45) is 3.38. The fourth-order valence-electron chi connectivity index (χ4n) is 2.35. The molecule has 3 rings (SSSR count). The molecule has 1 aromatic carbocycles. The number of fused-ring (bicyclic) bond motifs is 1. The molecule has 0 saturated heterocycles. The van der Waals surface area contributed by atoms with Crippen LogP contribution in [-0.2, 0) is 0 Å². The van der Waals surface area contributed by atoms with Crippen LogP contribution < -0.4 is 9.47 Å². The van der Waals surface area contributed by atoms with Gasteiger partial charge in [0.1, 0.15) is 6.10 Å². The summed E-state index contributed by atoms with van der Waals surface area (Å²) >= 11 is 6.26. The fourth-order valence-corrected chi connectivity index (χ4v) is 2.62. The first-order chi connectivity index (χ1) is 10.2. The number of ether oxygens (including phenoxy) is 2. The van der Waals surface area contributed by atoms with Gasteiger partial charge in [0.15, 0.2) is 11.5 Å². The first-order valence-electron chi connectivity index (χ1n) is 6.84. The highest BCUT2D eigenvalue weighted by Gasteiger charge is 2.20. The second-order valence-corrected chi connectivity index (χ2v) is 5.42. The van der Waals surface area contributed by atoms with Crippen LogP contribution in [0.2, 0.25) is 5.02 Å². The molecule has 1 aliphatic heterocycles. The molecule has 0 bridgehead atoms. The van der Waals surface area contributed by atoms with E-state index in [-0.39, 0.29) is 0 Å². The number of rotatable bonds is 2. The van der Waals surface area contributed by atoms with Crippen LogP contribution in [0.1, 0.15) is 29.2 Å². The Morgan fingerprint density at radius 1 is 1.29 bits per heavy atom. The topological polar surface area (TPSA) is 51.6 Å². The van der Waals surface area contributed by atoms with Crippen LogP contribution in [0.5, 0.6) is 11.5 Å². The first-order valence-corrected chi connectivity index (χ1v) is 7.22. The lowest BCUT2D eigenvalue weighted by atomic mass is 9.99. The number of aryl methyl sites for hydroxylation is 1. The van der Waals surface area contributed by atoms with Crippen LogP contribution in [0, 0.1) is 6.92 Å². The van der Waals surface area contributed by atoms with E-state index < -0.39 is 6.10 Å². The van der Waals surface area contributed by atoms with Crippen molar-refractivity contribution in [2.45, 2.75) is 19.4 Å². The van der Waals surface area contributed by atoms with E-state index in [1.807, 2.05) is 13.0 Å². The lowest BCUT2D eigenvalue weighted by molar-refractivity contribution is 0.218. The zero-order valence-corrected chi connectivity index (χ0v) is 12.4. The summed E-state index contributed by atoms with van der Waals surface area (Å²) in [4.78, 5) is 4.07. The summed E-state index contributed by atoms with van der Waals surface area (Å²) in [6, 6.07) is 5.36. The Labute approximate surface area is 128 Å². The maximum absolute atomic E-state index is 10.6. The van der Waals surface area contributed by atoms with Crippen molar-refractivity contribution in [3.63, 3.8) is 0 Å². The quantitative estimate of drug-likeness (QED) is 0.925. The molecule has 1 aromatic heterocycles. The molecule has 0 fully saturated rings. The highest BCUT2D eigenvalue weighted by atomic mass is 35.5. The number of hydrogen-bond acceptors (Lipinski definition) is 4. The largest absolute Gasteiger partial charge is 0.489 e. The number of aromatic nitrogens is 1. The molecule has 21 heavy (non-hydrogen) atoms. The SMILES string of the molecule is Cc1ccncc1C(O)c1cc(Cl)c2c(c1)OCCCO2. The minimum Gasteiger partial charge on any atom is -0.489 e. The van der Waals surface area contributed by atoms with E-state index in [1.54, 1.807) is 24.5 Å². The van der Waals surface area contributed by atoms with Crippen LogP contribution in [0.3, 0.4) is 0 Å². The Morgan fingerprint density at radius 3 is 2.90 bits per heavy atom. The van der Waals surface area contributed by atoms with Crippen LogP contribution in [0.15, 0.2) is 30.6 Å². The third-order valence-electron chi connectivity index (χ3n) is 3.51. The van der Waals surface area contributed by atoms with E-state index in [2.05, 4.69) is 4.98 Å². The summed E-state index contributed by atoms with van der Waals surface area (Å²) in [5, 5.41) is 11.0. The van der Waals surface area contributed by atoms with E-state index in [0.717, 1.165) is 17.5 Å². The van der Waals surface area contributed by atoms with Crippen LogP contribution in [-0.4, -0.2) is 23.3 Å². The molecule has 1 aliphatic rings. The van der Waals surface area contributed by atoms with Gasteiger partial charge in [-0.25, -0.2) is 0 Å². The van der Waals surface area contributed by atoms with Gasteiger partial charge in [0.2, 0.25) is 0 Å². The van der Waals surface area contributed by atoms with Gasteiger partial charge in [-0.15, -0.1) is 0 Å². The molecule has 4 nitrogen and oxygen atoms in total. The van der Waals surface area contributed by atoms with Gasteiger partial charge in [0.25, 0.3) is 0 Å². The van der Waals surface area contributed by atoms with Crippen molar-refractivity contribution in [2.24, 2.45) is 0 Å². The second kappa shape index (κ2) is 5.92. The standard InChI is InChI=1S/C16H16ClNO3/c1-10-3-4-18-9-12(10)15(19)11-7-13(17)16-14(8-11)20-5-2-6-21-16/h3-4,7-9,15,19H,2,5-6H2,1H3.